The molecule has 0 radical (unpaired) electrons. The summed E-state index contributed by atoms with van der Waals surface area (Å²) >= 11 is 0. The van der Waals surface area contributed by atoms with E-state index in [-0.39, 0.29) is 18.8 Å². The van der Waals surface area contributed by atoms with Crippen molar-refractivity contribution in [1.29, 1.82) is 0 Å². The van der Waals surface area contributed by atoms with Gasteiger partial charge in [-0.05, 0) is 13.0 Å². The number of nitrogens with one attached hydrogen (secondary N) is 1. The maximum atomic E-state index is 13.0. The standard InChI is InChI=1S/C12H13FN2O4/c1-12(11(17)18)6-19-5-9(12)15-10(16)7-2-8(13)4-14-3-7/h2-4,9H,5-6H2,1H3,(H,15,16)(H,17,18). The second-order valence-electron chi connectivity index (χ2n) is 4.66. The maximum Gasteiger partial charge on any atom is 0.313 e. The average Bonchev–Trinajstić information content (AvgIpc) is 2.72. The molecule has 6 nitrogen and oxygen atoms in total. The fourth-order valence-electron chi connectivity index (χ4n) is 1.86. The molecule has 0 aliphatic carbocycles. The van der Waals surface area contributed by atoms with Crippen LogP contribution >= 0.6 is 0 Å². The molecular weight excluding hydrogens is 255 g/mol. The van der Waals surface area contributed by atoms with Crippen LogP contribution in [0.1, 0.15) is 17.3 Å². The van der Waals surface area contributed by atoms with Crippen LogP contribution in [0.15, 0.2) is 18.5 Å². The highest BCUT2D eigenvalue weighted by Gasteiger charge is 2.47. The number of halogens is 1. The fourth-order valence-corrected chi connectivity index (χ4v) is 1.86. The molecule has 1 aliphatic heterocycles. The summed E-state index contributed by atoms with van der Waals surface area (Å²) in [5.41, 5.74) is -1.14. The minimum atomic E-state index is -1.18. The van der Waals surface area contributed by atoms with Gasteiger partial charge in [0.15, 0.2) is 0 Å². The zero-order valence-corrected chi connectivity index (χ0v) is 10.2. The Hall–Kier alpha value is -2.02. The predicted molar refractivity (Wildman–Crippen MR) is 62.0 cm³/mol. The minimum Gasteiger partial charge on any atom is -0.481 e. The van der Waals surface area contributed by atoms with Crippen molar-refractivity contribution < 1.29 is 23.8 Å². The van der Waals surface area contributed by atoms with E-state index in [4.69, 9.17) is 9.84 Å². The van der Waals surface area contributed by atoms with Crippen LogP contribution in [0.3, 0.4) is 0 Å². The summed E-state index contributed by atoms with van der Waals surface area (Å²) in [6.07, 6.45) is 2.20. The number of nitrogens with zero attached hydrogens (tertiary/aromatic N) is 1. The lowest BCUT2D eigenvalue weighted by Gasteiger charge is -2.25. The molecule has 102 valence electrons. The summed E-state index contributed by atoms with van der Waals surface area (Å²) in [5.74, 6) is -2.25. The van der Waals surface area contributed by atoms with Crippen LogP contribution in [0.5, 0.6) is 0 Å². The van der Waals surface area contributed by atoms with Crippen molar-refractivity contribution in [3.63, 3.8) is 0 Å². The van der Waals surface area contributed by atoms with Gasteiger partial charge in [-0.25, -0.2) is 4.39 Å². The van der Waals surface area contributed by atoms with Gasteiger partial charge in [0.05, 0.1) is 31.0 Å². The van der Waals surface area contributed by atoms with Gasteiger partial charge in [-0.1, -0.05) is 0 Å². The van der Waals surface area contributed by atoms with E-state index < -0.39 is 29.2 Å². The molecule has 2 N–H and O–H groups in total. The minimum absolute atomic E-state index is 0.0225. The first-order valence-corrected chi connectivity index (χ1v) is 5.66. The van der Waals surface area contributed by atoms with Gasteiger partial charge in [-0.15, -0.1) is 0 Å². The van der Waals surface area contributed by atoms with Crippen molar-refractivity contribution in [2.75, 3.05) is 13.2 Å². The lowest BCUT2D eigenvalue weighted by molar-refractivity contribution is -0.148. The Morgan fingerprint density at radius 3 is 2.95 bits per heavy atom. The number of pyridine rings is 1. The number of hydrogen-bond acceptors (Lipinski definition) is 4. The van der Waals surface area contributed by atoms with E-state index in [1.165, 1.54) is 13.1 Å². The Morgan fingerprint density at radius 1 is 1.58 bits per heavy atom. The zero-order chi connectivity index (χ0) is 14.0. The number of aliphatic carboxylic acids is 1. The van der Waals surface area contributed by atoms with Gasteiger partial charge >= 0.3 is 5.97 Å². The quantitative estimate of drug-likeness (QED) is 0.830. The van der Waals surface area contributed by atoms with E-state index in [1.54, 1.807) is 0 Å². The monoisotopic (exact) mass is 268 g/mol. The third-order valence-electron chi connectivity index (χ3n) is 3.22. The molecule has 2 atom stereocenters. The first kappa shape index (κ1) is 13.4. The predicted octanol–water partition coefficient (Wildman–Crippen LogP) is 0.440. The number of ether oxygens (including phenoxy) is 1. The highest BCUT2D eigenvalue weighted by atomic mass is 19.1. The summed E-state index contributed by atoms with van der Waals surface area (Å²) in [5, 5.41) is 11.7. The Labute approximate surface area is 108 Å². The number of carboxylic acids is 1. The van der Waals surface area contributed by atoms with Crippen molar-refractivity contribution in [3.05, 3.63) is 29.8 Å². The van der Waals surface area contributed by atoms with Gasteiger partial charge in [0.25, 0.3) is 5.91 Å². The van der Waals surface area contributed by atoms with Gasteiger partial charge in [-0.3, -0.25) is 14.6 Å². The molecule has 7 heteroatoms. The molecule has 2 unspecified atom stereocenters. The summed E-state index contributed by atoms with van der Waals surface area (Å²) in [4.78, 5) is 26.7. The first-order chi connectivity index (χ1) is 8.93. The molecule has 2 heterocycles. The molecule has 2 rings (SSSR count). The molecule has 1 aromatic rings. The van der Waals surface area contributed by atoms with Crippen molar-refractivity contribution >= 4 is 11.9 Å². The number of carboxylic acid groups (broad SMARTS) is 1. The van der Waals surface area contributed by atoms with Crippen molar-refractivity contribution in [2.24, 2.45) is 5.41 Å². The molecule has 1 amide bonds. The zero-order valence-electron chi connectivity index (χ0n) is 10.2. The Kier molecular flexibility index (Phi) is 3.48. The van der Waals surface area contributed by atoms with Crippen LogP contribution in [0.25, 0.3) is 0 Å². The number of carbonyl (C=O) groups excluding carboxylic acids is 1. The lowest BCUT2D eigenvalue weighted by Crippen LogP contribution is -2.49. The molecule has 0 bridgehead atoms. The van der Waals surface area contributed by atoms with Gasteiger partial charge in [0, 0.05) is 6.20 Å². The van der Waals surface area contributed by atoms with Crippen LogP contribution < -0.4 is 5.32 Å². The van der Waals surface area contributed by atoms with E-state index in [0.29, 0.717) is 0 Å². The second-order valence-corrected chi connectivity index (χ2v) is 4.66. The van der Waals surface area contributed by atoms with Crippen LogP contribution in [0.4, 0.5) is 4.39 Å². The number of amides is 1. The van der Waals surface area contributed by atoms with E-state index >= 15 is 0 Å². The Morgan fingerprint density at radius 2 is 2.32 bits per heavy atom. The largest absolute Gasteiger partial charge is 0.481 e. The van der Waals surface area contributed by atoms with Crippen LogP contribution in [0, 0.1) is 11.2 Å². The SMILES string of the molecule is CC1(C(=O)O)COCC1NC(=O)c1cncc(F)c1. The summed E-state index contributed by atoms with van der Waals surface area (Å²) in [6.45, 7) is 1.63. The number of aromatic nitrogens is 1. The van der Waals surface area contributed by atoms with Crippen LogP contribution in [-0.4, -0.2) is 41.2 Å². The topological polar surface area (TPSA) is 88.5 Å². The van der Waals surface area contributed by atoms with Gasteiger partial charge in [0.1, 0.15) is 11.2 Å². The fraction of sp³-hybridized carbons (Fsp3) is 0.417. The van der Waals surface area contributed by atoms with Gasteiger partial charge in [0.2, 0.25) is 0 Å². The number of hydrogen-bond donors (Lipinski definition) is 2. The highest BCUT2D eigenvalue weighted by Crippen LogP contribution is 2.28. The Balaban J connectivity index is 2.13. The van der Waals surface area contributed by atoms with Crippen LogP contribution in [0.2, 0.25) is 0 Å². The molecule has 0 aromatic carbocycles. The molecule has 1 aromatic heterocycles. The van der Waals surface area contributed by atoms with E-state index in [9.17, 15) is 14.0 Å². The summed E-state index contributed by atoms with van der Waals surface area (Å²) in [7, 11) is 0. The number of carbonyl (C=O) groups is 2. The number of rotatable bonds is 3. The van der Waals surface area contributed by atoms with Crippen molar-refractivity contribution in [3.8, 4) is 0 Å². The van der Waals surface area contributed by atoms with Crippen molar-refractivity contribution in [2.45, 2.75) is 13.0 Å². The second kappa shape index (κ2) is 4.93. The molecule has 1 fully saturated rings. The molecule has 1 saturated heterocycles. The molecule has 0 saturated carbocycles. The average molecular weight is 268 g/mol. The molecule has 1 aliphatic rings. The maximum absolute atomic E-state index is 13.0. The Bertz CT molecular complexity index is 522. The lowest BCUT2D eigenvalue weighted by atomic mass is 9.85. The van der Waals surface area contributed by atoms with Crippen LogP contribution in [-0.2, 0) is 9.53 Å². The highest BCUT2D eigenvalue weighted by molar-refractivity contribution is 5.94. The third-order valence-corrected chi connectivity index (χ3v) is 3.22. The van der Waals surface area contributed by atoms with E-state index in [1.807, 2.05) is 0 Å². The summed E-state index contributed by atoms with van der Waals surface area (Å²) < 4.78 is 18.1. The van der Waals surface area contributed by atoms with E-state index in [2.05, 4.69) is 10.3 Å². The summed E-state index contributed by atoms with van der Waals surface area (Å²) in [6, 6.07) is 0.372. The third kappa shape index (κ3) is 2.55. The van der Waals surface area contributed by atoms with Gasteiger partial charge in [-0.2, -0.15) is 0 Å². The van der Waals surface area contributed by atoms with E-state index in [0.717, 1.165) is 12.3 Å². The molecular formula is C12H13FN2O4. The molecule has 19 heavy (non-hydrogen) atoms. The smallest absolute Gasteiger partial charge is 0.313 e. The van der Waals surface area contributed by atoms with Gasteiger partial charge < -0.3 is 15.2 Å². The van der Waals surface area contributed by atoms with Crippen molar-refractivity contribution in [1.82, 2.24) is 10.3 Å². The normalized spacial score (nSPS) is 26.1. The molecule has 0 spiro atoms. The first-order valence-electron chi connectivity index (χ1n) is 5.66.